The van der Waals surface area contributed by atoms with Crippen LogP contribution in [0.4, 0.5) is 0 Å². The first-order valence-corrected chi connectivity index (χ1v) is 6.04. The molecule has 16 heavy (non-hydrogen) atoms. The van der Waals surface area contributed by atoms with Crippen LogP contribution < -0.4 is 0 Å². The van der Waals surface area contributed by atoms with Gasteiger partial charge in [-0.05, 0) is 33.9 Å². The standard InChI is InChI=1S/C5H13N.C4H10.2C2H6.2CH4/c1-5(2)6(3)4;1-4(2)3;2*1-2;;/h5H,1-4H3;4H,1-3H3;2*1-2H3;2*1H4. The van der Waals surface area contributed by atoms with E-state index in [-0.39, 0.29) is 14.9 Å². The molecule has 0 amide bonds. The van der Waals surface area contributed by atoms with Crippen molar-refractivity contribution in [2.45, 2.75) is 83.2 Å². The molecule has 0 aromatic rings. The molecule has 0 heterocycles. The zero-order valence-corrected chi connectivity index (χ0v) is 12.6. The SMILES string of the molecule is C.C.CC.CC.CC(C)C.CC(C)N(C)C. The van der Waals surface area contributed by atoms with Crippen molar-refractivity contribution in [1.82, 2.24) is 4.90 Å². The lowest BCUT2D eigenvalue weighted by atomic mass is 10.3. The van der Waals surface area contributed by atoms with Crippen molar-refractivity contribution in [2.75, 3.05) is 14.1 Å². The Balaban J connectivity index is -0.0000000223. The van der Waals surface area contributed by atoms with E-state index in [2.05, 4.69) is 53.6 Å². The van der Waals surface area contributed by atoms with Gasteiger partial charge in [-0.3, -0.25) is 0 Å². The van der Waals surface area contributed by atoms with Gasteiger partial charge in [-0.2, -0.15) is 0 Å². The summed E-state index contributed by atoms with van der Waals surface area (Å²) in [5.41, 5.74) is 0. The maximum Gasteiger partial charge on any atom is 0.00324 e. The molecule has 0 spiro atoms. The van der Waals surface area contributed by atoms with Gasteiger partial charge in [0.1, 0.15) is 0 Å². The fourth-order valence-corrected chi connectivity index (χ4v) is 0. The summed E-state index contributed by atoms with van der Waals surface area (Å²) < 4.78 is 0. The maximum atomic E-state index is 2.17. The van der Waals surface area contributed by atoms with Crippen molar-refractivity contribution in [3.63, 3.8) is 0 Å². The Kier molecular flexibility index (Phi) is 81.7. The summed E-state index contributed by atoms with van der Waals surface area (Å²) in [5.74, 6) is 0.833. The second-order valence-corrected chi connectivity index (χ2v) is 3.79. The van der Waals surface area contributed by atoms with E-state index in [1.807, 2.05) is 27.7 Å². The maximum absolute atomic E-state index is 2.17. The quantitative estimate of drug-likeness (QED) is 0.545. The van der Waals surface area contributed by atoms with Crippen LogP contribution in [0.15, 0.2) is 0 Å². The van der Waals surface area contributed by atoms with Gasteiger partial charge >= 0.3 is 0 Å². The van der Waals surface area contributed by atoms with Gasteiger partial charge in [0.05, 0.1) is 0 Å². The molecule has 0 rings (SSSR count). The Morgan fingerprint density at radius 1 is 0.625 bits per heavy atom. The van der Waals surface area contributed by atoms with Gasteiger partial charge < -0.3 is 4.90 Å². The summed E-state index contributed by atoms with van der Waals surface area (Å²) in [6.45, 7) is 18.8. The molecule has 1 heteroatoms. The number of hydrogen-bond donors (Lipinski definition) is 0. The highest BCUT2D eigenvalue weighted by atomic mass is 15.1. The molecule has 0 bridgehead atoms. The summed E-state index contributed by atoms with van der Waals surface area (Å²) in [4.78, 5) is 2.17. The normalized spacial score (nSPS) is 7.12. The van der Waals surface area contributed by atoms with Crippen LogP contribution in [0.2, 0.25) is 0 Å². The highest BCUT2D eigenvalue weighted by Gasteiger charge is 1.90. The topological polar surface area (TPSA) is 3.24 Å². The summed E-state index contributed by atoms with van der Waals surface area (Å²) >= 11 is 0. The van der Waals surface area contributed by atoms with Crippen LogP contribution in [0.3, 0.4) is 0 Å². The van der Waals surface area contributed by atoms with Gasteiger partial charge in [-0.15, -0.1) is 0 Å². The predicted molar refractivity (Wildman–Crippen MR) is 85.5 cm³/mol. The molecule has 1 nitrogen and oxygen atoms in total. The van der Waals surface area contributed by atoms with Gasteiger partial charge in [0.25, 0.3) is 0 Å². The number of nitrogens with zero attached hydrogens (tertiary/aromatic N) is 1. The molecule has 0 aliphatic carbocycles. The molecule has 0 aromatic heterocycles. The first-order chi connectivity index (χ1) is 6.37. The van der Waals surface area contributed by atoms with Crippen molar-refractivity contribution in [3.05, 3.63) is 0 Å². The fourth-order valence-electron chi connectivity index (χ4n) is 0. The lowest BCUT2D eigenvalue weighted by molar-refractivity contribution is 0.335. The van der Waals surface area contributed by atoms with E-state index < -0.39 is 0 Å². The molecule has 0 saturated heterocycles. The van der Waals surface area contributed by atoms with Gasteiger partial charge in [0.15, 0.2) is 0 Å². The number of hydrogen-bond acceptors (Lipinski definition) is 1. The zero-order chi connectivity index (χ0) is 12.7. The van der Waals surface area contributed by atoms with Gasteiger partial charge in [0.2, 0.25) is 0 Å². The molecular weight excluding hydrogens is 194 g/mol. The third-order valence-electron chi connectivity index (χ3n) is 1.03. The van der Waals surface area contributed by atoms with Crippen LogP contribution in [0.25, 0.3) is 0 Å². The highest BCUT2D eigenvalue weighted by molar-refractivity contribution is 4.46. The van der Waals surface area contributed by atoms with Crippen molar-refractivity contribution >= 4 is 0 Å². The van der Waals surface area contributed by atoms with Gasteiger partial charge in [-0.1, -0.05) is 63.3 Å². The van der Waals surface area contributed by atoms with Crippen LogP contribution in [-0.2, 0) is 0 Å². The molecule has 0 fully saturated rings. The molecule has 0 saturated carbocycles. The molecular formula is C15H43N. The van der Waals surface area contributed by atoms with Crippen LogP contribution >= 0.6 is 0 Å². The van der Waals surface area contributed by atoms with Crippen LogP contribution in [0.5, 0.6) is 0 Å². The van der Waals surface area contributed by atoms with Crippen molar-refractivity contribution in [2.24, 2.45) is 5.92 Å². The smallest absolute Gasteiger partial charge is 0.00324 e. The molecule has 0 atom stereocenters. The Morgan fingerprint density at radius 2 is 0.688 bits per heavy atom. The van der Waals surface area contributed by atoms with Crippen LogP contribution in [0, 0.1) is 5.92 Å². The zero-order valence-electron chi connectivity index (χ0n) is 12.6. The molecule has 0 aliphatic rings. The van der Waals surface area contributed by atoms with E-state index in [0.717, 1.165) is 5.92 Å². The molecule has 0 aliphatic heterocycles. The van der Waals surface area contributed by atoms with E-state index in [0.29, 0.717) is 6.04 Å². The van der Waals surface area contributed by atoms with Crippen molar-refractivity contribution in [1.29, 1.82) is 0 Å². The van der Waals surface area contributed by atoms with E-state index in [4.69, 9.17) is 0 Å². The fraction of sp³-hybridized carbons (Fsp3) is 1.00. The van der Waals surface area contributed by atoms with Crippen molar-refractivity contribution in [3.8, 4) is 0 Å². The van der Waals surface area contributed by atoms with Gasteiger partial charge in [-0.25, -0.2) is 0 Å². The average molecular weight is 238 g/mol. The number of rotatable bonds is 1. The predicted octanol–water partition coefficient (Wildman–Crippen LogP) is 5.94. The molecule has 108 valence electrons. The summed E-state index contributed by atoms with van der Waals surface area (Å²) in [6.07, 6.45) is 0. The Hall–Kier alpha value is -0.0400. The van der Waals surface area contributed by atoms with E-state index in [1.165, 1.54) is 0 Å². The molecule has 0 radical (unpaired) electrons. The van der Waals surface area contributed by atoms with E-state index in [1.54, 1.807) is 0 Å². The van der Waals surface area contributed by atoms with Crippen molar-refractivity contribution < 1.29 is 0 Å². The minimum absolute atomic E-state index is 0. The van der Waals surface area contributed by atoms with E-state index in [9.17, 15) is 0 Å². The third kappa shape index (κ3) is 150. The van der Waals surface area contributed by atoms with Crippen LogP contribution in [-0.4, -0.2) is 25.0 Å². The lowest BCUT2D eigenvalue weighted by Gasteiger charge is -2.12. The third-order valence-corrected chi connectivity index (χ3v) is 1.03. The lowest BCUT2D eigenvalue weighted by Crippen LogP contribution is -2.20. The minimum atomic E-state index is 0. The Morgan fingerprint density at radius 3 is 0.688 bits per heavy atom. The van der Waals surface area contributed by atoms with Crippen LogP contribution in [0.1, 0.15) is 77.2 Å². The largest absolute Gasteiger partial charge is 0.307 e. The monoisotopic (exact) mass is 237 g/mol. The second-order valence-electron chi connectivity index (χ2n) is 3.79. The highest BCUT2D eigenvalue weighted by Crippen LogP contribution is 1.84. The second kappa shape index (κ2) is 36.3. The first kappa shape index (κ1) is 36.0. The van der Waals surface area contributed by atoms with E-state index >= 15 is 0 Å². The molecule has 0 unspecified atom stereocenters. The van der Waals surface area contributed by atoms with Gasteiger partial charge in [0, 0.05) is 6.04 Å². The average Bonchev–Trinajstić information content (AvgIpc) is 2.10. The summed E-state index contributed by atoms with van der Waals surface area (Å²) in [6, 6.07) is 0.685. The first-order valence-electron chi connectivity index (χ1n) is 6.04. The molecule has 0 N–H and O–H groups in total. The summed E-state index contributed by atoms with van der Waals surface area (Å²) in [7, 11) is 4.15. The summed E-state index contributed by atoms with van der Waals surface area (Å²) in [5, 5.41) is 0. The molecule has 0 aromatic carbocycles. The Labute approximate surface area is 109 Å². The Bertz CT molecular complexity index is 47.7. The minimum Gasteiger partial charge on any atom is -0.307 e.